The molecule has 0 aromatic rings. The second-order valence-corrected chi connectivity index (χ2v) is 5.73. The van der Waals surface area contributed by atoms with Crippen molar-refractivity contribution in [1.82, 2.24) is 16.0 Å². The number of hydrogen-bond acceptors (Lipinski definition) is 3. The van der Waals surface area contributed by atoms with Gasteiger partial charge in [0.15, 0.2) is 5.96 Å². The van der Waals surface area contributed by atoms with Crippen LogP contribution in [0.4, 0.5) is 4.79 Å². The molecule has 0 saturated heterocycles. The Morgan fingerprint density at radius 3 is 2.65 bits per heavy atom. The molecule has 0 bridgehead atoms. The molecule has 0 heterocycles. The van der Waals surface area contributed by atoms with Crippen molar-refractivity contribution >= 4 is 12.1 Å². The molecule has 114 valence electrons. The number of aliphatic imine (C=N–C) groups is 1. The van der Waals surface area contributed by atoms with E-state index in [0.29, 0.717) is 25.1 Å². The van der Waals surface area contributed by atoms with Crippen molar-refractivity contribution in [3.63, 3.8) is 0 Å². The third-order valence-electron chi connectivity index (χ3n) is 3.91. The lowest BCUT2D eigenvalue weighted by Crippen LogP contribution is -2.48. The molecular weight excluding hydrogens is 256 g/mol. The number of nitrogens with zero attached hydrogens (tertiary/aromatic N) is 1. The summed E-state index contributed by atoms with van der Waals surface area (Å²) in [5, 5.41) is 9.61. The first-order valence-corrected chi connectivity index (χ1v) is 7.54. The van der Waals surface area contributed by atoms with Gasteiger partial charge in [-0.05, 0) is 38.0 Å². The summed E-state index contributed by atoms with van der Waals surface area (Å²) in [5.41, 5.74) is 0. The van der Waals surface area contributed by atoms with Crippen LogP contribution in [0.15, 0.2) is 4.99 Å². The van der Waals surface area contributed by atoms with Crippen molar-refractivity contribution < 1.29 is 9.53 Å². The Morgan fingerprint density at radius 2 is 2.15 bits per heavy atom. The topological polar surface area (TPSA) is 74.8 Å². The highest BCUT2D eigenvalue weighted by Crippen LogP contribution is 2.32. The number of carbonyl (C=O) groups is 1. The molecule has 2 saturated carbocycles. The molecule has 0 aromatic carbocycles. The van der Waals surface area contributed by atoms with Crippen molar-refractivity contribution in [2.45, 2.75) is 45.2 Å². The van der Waals surface area contributed by atoms with E-state index in [1.165, 1.54) is 19.3 Å². The van der Waals surface area contributed by atoms with E-state index in [0.717, 1.165) is 11.9 Å². The first-order chi connectivity index (χ1) is 9.63. The molecule has 0 radical (unpaired) electrons. The standard InChI is InChI=1S/C14H26N4O2/c1-4-20-14(19)18-12(10-5-6-10)8-16-13(15-3)17-11-7-9(11)2/h9-12H,4-8H2,1-3H3,(H,18,19)(H2,15,16,17). The number of amides is 1. The Bertz CT molecular complexity index is 368. The van der Waals surface area contributed by atoms with E-state index in [9.17, 15) is 4.79 Å². The van der Waals surface area contributed by atoms with E-state index in [1.807, 2.05) is 6.92 Å². The van der Waals surface area contributed by atoms with Crippen molar-refractivity contribution in [3.05, 3.63) is 0 Å². The van der Waals surface area contributed by atoms with Crippen LogP contribution in [0.1, 0.15) is 33.1 Å². The highest BCUT2D eigenvalue weighted by molar-refractivity contribution is 5.80. The molecule has 2 aliphatic carbocycles. The van der Waals surface area contributed by atoms with E-state index in [2.05, 4.69) is 27.9 Å². The van der Waals surface area contributed by atoms with E-state index in [4.69, 9.17) is 4.74 Å². The maximum atomic E-state index is 11.5. The van der Waals surface area contributed by atoms with Crippen LogP contribution in [-0.2, 0) is 4.74 Å². The Morgan fingerprint density at radius 1 is 1.45 bits per heavy atom. The number of hydrogen-bond donors (Lipinski definition) is 3. The quantitative estimate of drug-likeness (QED) is 0.503. The fraction of sp³-hybridized carbons (Fsp3) is 0.857. The van der Waals surface area contributed by atoms with Gasteiger partial charge in [0, 0.05) is 19.6 Å². The molecular formula is C14H26N4O2. The zero-order chi connectivity index (χ0) is 14.5. The minimum atomic E-state index is -0.329. The Labute approximate surface area is 120 Å². The van der Waals surface area contributed by atoms with Gasteiger partial charge in [0.25, 0.3) is 0 Å². The molecule has 1 amide bonds. The summed E-state index contributed by atoms with van der Waals surface area (Å²) in [5.74, 6) is 2.10. The summed E-state index contributed by atoms with van der Waals surface area (Å²) in [4.78, 5) is 15.7. The normalized spacial score (nSPS) is 26.6. The number of ether oxygens (including phenoxy) is 1. The summed E-state index contributed by atoms with van der Waals surface area (Å²) in [6.45, 7) is 5.12. The van der Waals surface area contributed by atoms with Gasteiger partial charge in [-0.25, -0.2) is 4.79 Å². The number of alkyl carbamates (subject to hydrolysis) is 1. The van der Waals surface area contributed by atoms with Crippen molar-refractivity contribution in [2.24, 2.45) is 16.8 Å². The van der Waals surface area contributed by atoms with Crippen LogP contribution in [0, 0.1) is 11.8 Å². The average molecular weight is 282 g/mol. The van der Waals surface area contributed by atoms with E-state index < -0.39 is 0 Å². The Kier molecular flexibility index (Phi) is 5.09. The van der Waals surface area contributed by atoms with Crippen LogP contribution in [0.3, 0.4) is 0 Å². The molecule has 20 heavy (non-hydrogen) atoms. The van der Waals surface area contributed by atoms with Crippen LogP contribution in [-0.4, -0.2) is 44.3 Å². The van der Waals surface area contributed by atoms with Gasteiger partial charge in [0.1, 0.15) is 0 Å². The lowest BCUT2D eigenvalue weighted by atomic mass is 10.2. The van der Waals surface area contributed by atoms with Gasteiger partial charge >= 0.3 is 6.09 Å². The summed E-state index contributed by atoms with van der Waals surface area (Å²) >= 11 is 0. The first-order valence-electron chi connectivity index (χ1n) is 7.54. The van der Waals surface area contributed by atoms with Crippen LogP contribution in [0.2, 0.25) is 0 Å². The molecule has 0 spiro atoms. The molecule has 6 nitrogen and oxygen atoms in total. The highest BCUT2D eigenvalue weighted by Gasteiger charge is 2.35. The second-order valence-electron chi connectivity index (χ2n) is 5.73. The van der Waals surface area contributed by atoms with Gasteiger partial charge in [-0.2, -0.15) is 0 Å². The summed E-state index contributed by atoms with van der Waals surface area (Å²) < 4.78 is 4.95. The number of rotatable bonds is 6. The fourth-order valence-electron chi connectivity index (χ4n) is 2.26. The highest BCUT2D eigenvalue weighted by atomic mass is 16.5. The summed E-state index contributed by atoms with van der Waals surface area (Å²) in [7, 11) is 1.77. The van der Waals surface area contributed by atoms with Gasteiger partial charge in [-0.15, -0.1) is 0 Å². The summed E-state index contributed by atoms with van der Waals surface area (Å²) in [6.07, 6.45) is 3.22. The fourth-order valence-corrected chi connectivity index (χ4v) is 2.26. The average Bonchev–Trinajstić information content (AvgIpc) is 3.31. The second kappa shape index (κ2) is 6.81. The molecule has 6 heteroatoms. The molecule has 3 N–H and O–H groups in total. The van der Waals surface area contributed by atoms with Crippen LogP contribution in [0.25, 0.3) is 0 Å². The van der Waals surface area contributed by atoms with Gasteiger partial charge in [-0.1, -0.05) is 6.92 Å². The van der Waals surface area contributed by atoms with Gasteiger partial charge in [0.2, 0.25) is 0 Å². The third-order valence-corrected chi connectivity index (χ3v) is 3.91. The molecule has 3 unspecified atom stereocenters. The van der Waals surface area contributed by atoms with Gasteiger partial charge in [0.05, 0.1) is 12.6 Å². The smallest absolute Gasteiger partial charge is 0.407 e. The number of nitrogens with one attached hydrogen (secondary N) is 3. The molecule has 3 atom stereocenters. The molecule has 0 aromatic heterocycles. The predicted molar refractivity (Wildman–Crippen MR) is 78.7 cm³/mol. The minimum Gasteiger partial charge on any atom is -0.450 e. The summed E-state index contributed by atoms with van der Waals surface area (Å²) in [6, 6.07) is 0.655. The molecule has 2 aliphatic rings. The van der Waals surface area contributed by atoms with Crippen LogP contribution >= 0.6 is 0 Å². The maximum Gasteiger partial charge on any atom is 0.407 e. The monoisotopic (exact) mass is 282 g/mol. The molecule has 0 aliphatic heterocycles. The first kappa shape index (κ1) is 14.9. The lowest BCUT2D eigenvalue weighted by molar-refractivity contribution is 0.146. The van der Waals surface area contributed by atoms with E-state index in [1.54, 1.807) is 7.05 Å². The van der Waals surface area contributed by atoms with E-state index in [-0.39, 0.29) is 12.1 Å². The van der Waals surface area contributed by atoms with Crippen LogP contribution in [0.5, 0.6) is 0 Å². The molecule has 2 rings (SSSR count). The van der Waals surface area contributed by atoms with Crippen molar-refractivity contribution in [1.29, 1.82) is 0 Å². The Hall–Kier alpha value is -1.46. The SMILES string of the molecule is CCOC(=O)NC(CNC(=NC)NC1CC1C)C1CC1. The lowest BCUT2D eigenvalue weighted by Gasteiger charge is -2.20. The largest absolute Gasteiger partial charge is 0.450 e. The van der Waals surface area contributed by atoms with Crippen LogP contribution < -0.4 is 16.0 Å². The minimum absolute atomic E-state index is 0.115. The zero-order valence-electron chi connectivity index (χ0n) is 12.6. The van der Waals surface area contributed by atoms with E-state index >= 15 is 0 Å². The van der Waals surface area contributed by atoms with Crippen molar-refractivity contribution in [3.8, 4) is 0 Å². The maximum absolute atomic E-state index is 11.5. The van der Waals surface area contributed by atoms with Gasteiger partial charge < -0.3 is 20.7 Å². The molecule has 2 fully saturated rings. The number of guanidine groups is 1. The zero-order valence-corrected chi connectivity index (χ0v) is 12.6. The Balaban J connectivity index is 1.74. The van der Waals surface area contributed by atoms with Crippen molar-refractivity contribution in [2.75, 3.05) is 20.2 Å². The number of carbonyl (C=O) groups excluding carboxylic acids is 1. The third kappa shape index (κ3) is 4.58. The van der Waals surface area contributed by atoms with Gasteiger partial charge in [-0.3, -0.25) is 4.99 Å². The predicted octanol–water partition coefficient (Wildman–Crippen LogP) is 1.08.